The molecule has 0 saturated carbocycles. The Kier molecular flexibility index (Phi) is 7.05. The van der Waals surface area contributed by atoms with Crippen LogP contribution in [-0.4, -0.2) is 40.9 Å². The number of rotatable bonds is 5. The molecule has 0 spiro atoms. The van der Waals surface area contributed by atoms with Crippen molar-refractivity contribution in [1.29, 1.82) is 0 Å². The number of carbonyl (C=O) groups is 1. The van der Waals surface area contributed by atoms with Gasteiger partial charge in [-0.1, -0.05) is 34.6 Å². The number of thioether (sulfide) groups is 1. The van der Waals surface area contributed by atoms with E-state index in [1.54, 1.807) is 0 Å². The van der Waals surface area contributed by atoms with Crippen LogP contribution >= 0.6 is 11.8 Å². The first-order valence-electron chi connectivity index (χ1n) is 8.27. The number of nitrogens with zero attached hydrogens (tertiary/aromatic N) is 1. The predicted molar refractivity (Wildman–Crippen MR) is 93.6 cm³/mol. The summed E-state index contributed by atoms with van der Waals surface area (Å²) in [7, 11) is 0. The van der Waals surface area contributed by atoms with Crippen molar-refractivity contribution in [1.82, 2.24) is 4.90 Å². The lowest BCUT2D eigenvalue weighted by Crippen LogP contribution is -2.34. The van der Waals surface area contributed by atoms with Crippen molar-refractivity contribution in [3.8, 4) is 0 Å². The van der Waals surface area contributed by atoms with Gasteiger partial charge in [-0.05, 0) is 37.1 Å². The van der Waals surface area contributed by atoms with Crippen LogP contribution in [0.25, 0.3) is 0 Å². The highest BCUT2D eigenvalue weighted by atomic mass is 32.2. The fourth-order valence-electron chi connectivity index (χ4n) is 2.94. The molecule has 0 aromatic carbocycles. The van der Waals surface area contributed by atoms with E-state index in [1.165, 1.54) is 0 Å². The van der Waals surface area contributed by atoms with Gasteiger partial charge in [0, 0.05) is 30.0 Å². The minimum atomic E-state index is 0.232. The number of nitrogens with two attached hydrogens (primary N) is 1. The molecule has 1 aliphatic heterocycles. The van der Waals surface area contributed by atoms with Crippen LogP contribution in [0.1, 0.15) is 60.3 Å². The van der Waals surface area contributed by atoms with Crippen molar-refractivity contribution in [2.24, 2.45) is 17.1 Å². The summed E-state index contributed by atoms with van der Waals surface area (Å²) in [6.07, 6.45) is 3.74. The second-order valence-electron chi connectivity index (χ2n) is 7.92. The van der Waals surface area contributed by atoms with Crippen LogP contribution in [0, 0.1) is 11.3 Å². The maximum atomic E-state index is 12.5. The van der Waals surface area contributed by atoms with Crippen molar-refractivity contribution in [2.75, 3.05) is 25.4 Å². The number of hydrogen-bond donors (Lipinski definition) is 1. The summed E-state index contributed by atoms with van der Waals surface area (Å²) in [5, 5.41) is 0. The highest BCUT2D eigenvalue weighted by Crippen LogP contribution is 2.33. The molecule has 0 aliphatic carbocycles. The molecule has 1 rings (SSSR count). The fraction of sp³-hybridized carbons (Fsp3) is 0.941. The zero-order valence-corrected chi connectivity index (χ0v) is 15.4. The van der Waals surface area contributed by atoms with Gasteiger partial charge in [0.15, 0.2) is 0 Å². The molecule has 21 heavy (non-hydrogen) atoms. The van der Waals surface area contributed by atoms with E-state index >= 15 is 0 Å². The minimum Gasteiger partial charge on any atom is -0.342 e. The maximum absolute atomic E-state index is 12.5. The highest BCUT2D eigenvalue weighted by molar-refractivity contribution is 8.00. The van der Waals surface area contributed by atoms with Crippen molar-refractivity contribution in [2.45, 2.75) is 65.0 Å². The van der Waals surface area contributed by atoms with Gasteiger partial charge in [0.1, 0.15) is 0 Å². The van der Waals surface area contributed by atoms with Gasteiger partial charge in [-0.15, -0.1) is 0 Å². The van der Waals surface area contributed by atoms with Crippen LogP contribution in [0.5, 0.6) is 0 Å². The molecule has 0 aromatic rings. The zero-order valence-electron chi connectivity index (χ0n) is 14.6. The normalized spacial score (nSPS) is 21.0. The van der Waals surface area contributed by atoms with Crippen LogP contribution in [-0.2, 0) is 4.79 Å². The van der Waals surface area contributed by atoms with E-state index in [1.807, 2.05) is 11.8 Å². The molecule has 1 heterocycles. The summed E-state index contributed by atoms with van der Waals surface area (Å²) in [5.41, 5.74) is 5.96. The van der Waals surface area contributed by atoms with Crippen molar-refractivity contribution in [3.05, 3.63) is 0 Å². The molecule has 1 atom stereocenters. The van der Waals surface area contributed by atoms with Gasteiger partial charge in [0.2, 0.25) is 5.91 Å². The first kappa shape index (κ1) is 18.8. The monoisotopic (exact) mass is 314 g/mol. The van der Waals surface area contributed by atoms with Gasteiger partial charge in [0.05, 0.1) is 0 Å². The molecular weight excluding hydrogens is 280 g/mol. The molecule has 0 bridgehead atoms. The quantitative estimate of drug-likeness (QED) is 0.844. The van der Waals surface area contributed by atoms with Gasteiger partial charge in [-0.25, -0.2) is 0 Å². The van der Waals surface area contributed by atoms with Crippen LogP contribution < -0.4 is 5.73 Å². The molecular formula is C17H34N2OS. The second kappa shape index (κ2) is 7.87. The van der Waals surface area contributed by atoms with E-state index in [0.717, 1.165) is 38.1 Å². The first-order chi connectivity index (χ1) is 9.65. The molecule has 1 unspecified atom stereocenters. The Morgan fingerprint density at radius 2 is 1.95 bits per heavy atom. The van der Waals surface area contributed by atoms with Gasteiger partial charge in [-0.2, -0.15) is 11.8 Å². The first-order valence-corrected chi connectivity index (χ1v) is 9.26. The van der Waals surface area contributed by atoms with Gasteiger partial charge in [0.25, 0.3) is 0 Å². The summed E-state index contributed by atoms with van der Waals surface area (Å²) in [6, 6.07) is 0. The molecule has 1 aliphatic rings. The van der Waals surface area contributed by atoms with Crippen molar-refractivity contribution < 1.29 is 4.79 Å². The molecule has 1 fully saturated rings. The third kappa shape index (κ3) is 6.60. The Balaban J connectivity index is 2.49. The second-order valence-corrected chi connectivity index (χ2v) is 9.72. The summed E-state index contributed by atoms with van der Waals surface area (Å²) in [6.45, 7) is 13.9. The van der Waals surface area contributed by atoms with Gasteiger partial charge in [-0.3, -0.25) is 4.79 Å². The minimum absolute atomic E-state index is 0.232. The zero-order chi connectivity index (χ0) is 16.1. The lowest BCUT2D eigenvalue weighted by atomic mass is 9.76. The lowest BCUT2D eigenvalue weighted by molar-refractivity contribution is -0.131. The summed E-state index contributed by atoms with van der Waals surface area (Å²) >= 11 is 1.99. The summed E-state index contributed by atoms with van der Waals surface area (Å²) < 4.78 is 0.308. The topological polar surface area (TPSA) is 46.3 Å². The molecule has 3 nitrogen and oxygen atoms in total. The average Bonchev–Trinajstić information content (AvgIpc) is 2.53. The standard InChI is InChI=1S/C17H34N2OS/c1-16(2,3)14(8-10-18)6-7-15(20)19-11-9-17(4,5)21-13-12-19/h14H,6-13,18H2,1-5H3. The molecule has 4 heteroatoms. The van der Waals surface area contributed by atoms with Crippen LogP contribution in [0.3, 0.4) is 0 Å². The summed E-state index contributed by atoms with van der Waals surface area (Å²) in [4.78, 5) is 14.6. The Morgan fingerprint density at radius 3 is 2.52 bits per heavy atom. The number of amides is 1. The summed E-state index contributed by atoms with van der Waals surface area (Å²) in [5.74, 6) is 1.92. The molecule has 1 amide bonds. The van der Waals surface area contributed by atoms with Crippen LogP contribution in [0.2, 0.25) is 0 Å². The Morgan fingerprint density at radius 1 is 1.29 bits per heavy atom. The van der Waals surface area contributed by atoms with E-state index in [0.29, 0.717) is 29.5 Å². The van der Waals surface area contributed by atoms with E-state index in [9.17, 15) is 4.79 Å². The number of hydrogen-bond acceptors (Lipinski definition) is 3. The highest BCUT2D eigenvalue weighted by Gasteiger charge is 2.28. The Bertz CT molecular complexity index is 336. The predicted octanol–water partition coefficient (Wildman–Crippen LogP) is 3.52. The molecule has 1 saturated heterocycles. The Labute approximate surface area is 135 Å². The third-order valence-electron chi connectivity index (χ3n) is 4.64. The Hall–Kier alpha value is -0.220. The van der Waals surface area contributed by atoms with Gasteiger partial charge < -0.3 is 10.6 Å². The van der Waals surface area contributed by atoms with Crippen molar-refractivity contribution in [3.63, 3.8) is 0 Å². The van der Waals surface area contributed by atoms with Crippen LogP contribution in [0.15, 0.2) is 0 Å². The number of carbonyl (C=O) groups excluding carboxylic acids is 1. The van der Waals surface area contributed by atoms with Crippen LogP contribution in [0.4, 0.5) is 0 Å². The maximum Gasteiger partial charge on any atom is 0.222 e. The lowest BCUT2D eigenvalue weighted by Gasteiger charge is -2.31. The molecule has 124 valence electrons. The third-order valence-corrected chi connectivity index (χ3v) is 6.01. The van der Waals surface area contributed by atoms with E-state index in [4.69, 9.17) is 5.73 Å². The molecule has 0 radical (unpaired) electrons. The van der Waals surface area contributed by atoms with E-state index in [-0.39, 0.29) is 5.41 Å². The SMILES string of the molecule is CC1(C)CCN(C(=O)CCC(CCN)C(C)(C)C)CCS1. The fourth-order valence-corrected chi connectivity index (χ4v) is 4.04. The largest absolute Gasteiger partial charge is 0.342 e. The molecule has 0 aromatic heterocycles. The van der Waals surface area contributed by atoms with Crippen molar-refractivity contribution >= 4 is 17.7 Å². The molecule has 2 N–H and O–H groups in total. The van der Waals surface area contributed by atoms with E-state index in [2.05, 4.69) is 39.5 Å². The average molecular weight is 315 g/mol. The van der Waals surface area contributed by atoms with Gasteiger partial charge >= 0.3 is 0 Å². The smallest absolute Gasteiger partial charge is 0.222 e. The van der Waals surface area contributed by atoms with E-state index < -0.39 is 0 Å².